The number of nitrogens with zero attached hydrogens (tertiary/aromatic N) is 3. The molecule has 1 heterocycles. The molecule has 0 saturated carbocycles. The summed E-state index contributed by atoms with van der Waals surface area (Å²) >= 11 is 0. The number of hydrogen-bond donors (Lipinski definition) is 2. The van der Waals surface area contributed by atoms with Crippen LogP contribution >= 0.6 is 0 Å². The predicted octanol–water partition coefficient (Wildman–Crippen LogP) is 3.95. The molecule has 0 aliphatic heterocycles. The first-order valence-corrected chi connectivity index (χ1v) is 12.3. The maximum absolute atomic E-state index is 14.1. The second-order valence-corrected chi connectivity index (χ2v) is 8.50. The highest BCUT2D eigenvalue weighted by Crippen LogP contribution is 2.39. The third kappa shape index (κ3) is 6.95. The van der Waals surface area contributed by atoms with E-state index in [-0.39, 0.29) is 30.1 Å². The lowest BCUT2D eigenvalue weighted by atomic mass is 9.81. The topological polar surface area (TPSA) is 142 Å². The SMILES string of the molecule is COc1cc(OC)nc(O[C@H](C(=O)Oc2cccc(CON(O)O)c2)C(OC)(c2ccccc2)c2ccccc2)n1. The Balaban J connectivity index is 1.83. The van der Waals surface area contributed by atoms with Crippen molar-refractivity contribution in [1.82, 2.24) is 15.4 Å². The normalized spacial score (nSPS) is 12.0. The number of aromatic nitrogens is 2. The van der Waals surface area contributed by atoms with E-state index in [4.69, 9.17) is 34.1 Å². The standard InChI is InChI=1S/C29H29N3O9/c1-36-24-18-25(37-2)31-28(30-24)41-26(27(33)40-23-16-10-11-20(17-23)19-39-32(34)35)29(38-3,21-12-6-4-7-13-21)22-14-8-5-9-15-22/h4-18,26,34-35H,19H2,1-3H3/t26-/m1/s1. The van der Waals surface area contributed by atoms with Gasteiger partial charge < -0.3 is 23.7 Å². The van der Waals surface area contributed by atoms with Crippen LogP contribution in [-0.4, -0.2) is 59.2 Å². The quantitative estimate of drug-likeness (QED) is 0.138. The molecule has 4 rings (SSSR count). The van der Waals surface area contributed by atoms with E-state index in [1.165, 1.54) is 33.5 Å². The summed E-state index contributed by atoms with van der Waals surface area (Å²) < 4.78 is 28.7. The third-order valence-corrected chi connectivity index (χ3v) is 6.07. The molecule has 0 amide bonds. The molecule has 4 aromatic rings. The monoisotopic (exact) mass is 563 g/mol. The molecule has 12 heteroatoms. The van der Waals surface area contributed by atoms with Crippen LogP contribution in [0.3, 0.4) is 0 Å². The van der Waals surface area contributed by atoms with Gasteiger partial charge in [0.2, 0.25) is 17.9 Å². The van der Waals surface area contributed by atoms with Crippen LogP contribution in [0.4, 0.5) is 0 Å². The van der Waals surface area contributed by atoms with Crippen molar-refractivity contribution in [2.75, 3.05) is 21.3 Å². The van der Waals surface area contributed by atoms with E-state index in [1.807, 2.05) is 36.4 Å². The summed E-state index contributed by atoms with van der Waals surface area (Å²) in [4.78, 5) is 27.3. The van der Waals surface area contributed by atoms with Crippen LogP contribution in [0, 0.1) is 0 Å². The molecular formula is C29H29N3O9. The molecule has 0 aliphatic rings. The van der Waals surface area contributed by atoms with Crippen molar-refractivity contribution >= 4 is 5.97 Å². The molecule has 12 nitrogen and oxygen atoms in total. The van der Waals surface area contributed by atoms with Gasteiger partial charge in [0, 0.05) is 7.11 Å². The van der Waals surface area contributed by atoms with E-state index < -0.39 is 23.1 Å². The zero-order valence-electron chi connectivity index (χ0n) is 22.5. The predicted molar refractivity (Wildman–Crippen MR) is 143 cm³/mol. The maximum Gasteiger partial charge on any atom is 0.356 e. The highest BCUT2D eigenvalue weighted by Gasteiger charge is 2.50. The van der Waals surface area contributed by atoms with Gasteiger partial charge in [-0.2, -0.15) is 9.97 Å². The molecule has 1 aromatic heterocycles. The lowest BCUT2D eigenvalue weighted by Crippen LogP contribution is -2.52. The third-order valence-electron chi connectivity index (χ3n) is 6.07. The van der Waals surface area contributed by atoms with Crippen molar-refractivity contribution in [3.63, 3.8) is 0 Å². The Morgan fingerprint density at radius 1 is 0.829 bits per heavy atom. The second-order valence-electron chi connectivity index (χ2n) is 8.50. The average molecular weight is 564 g/mol. The summed E-state index contributed by atoms with van der Waals surface area (Å²) in [6, 6.07) is 25.7. The number of benzene rings is 3. The van der Waals surface area contributed by atoms with Gasteiger partial charge in [-0.25, -0.2) is 9.63 Å². The first-order chi connectivity index (χ1) is 19.9. The van der Waals surface area contributed by atoms with E-state index >= 15 is 0 Å². The van der Waals surface area contributed by atoms with E-state index in [9.17, 15) is 4.79 Å². The molecule has 0 radical (unpaired) electrons. The number of carbonyl (C=O) groups excluding carboxylic acids is 1. The van der Waals surface area contributed by atoms with Gasteiger partial charge in [0.15, 0.2) is 5.60 Å². The van der Waals surface area contributed by atoms with Crippen molar-refractivity contribution < 1.29 is 43.7 Å². The van der Waals surface area contributed by atoms with Crippen LogP contribution in [0.1, 0.15) is 16.7 Å². The second kappa shape index (κ2) is 13.7. The van der Waals surface area contributed by atoms with Crippen molar-refractivity contribution in [2.45, 2.75) is 18.3 Å². The minimum absolute atomic E-state index is 0.141. The van der Waals surface area contributed by atoms with Crippen LogP contribution < -0.4 is 18.9 Å². The largest absolute Gasteiger partial charge is 0.481 e. The van der Waals surface area contributed by atoms with Gasteiger partial charge in [-0.05, 0) is 28.8 Å². The highest BCUT2D eigenvalue weighted by atomic mass is 17.1. The van der Waals surface area contributed by atoms with Crippen LogP contribution in [0.5, 0.6) is 23.5 Å². The summed E-state index contributed by atoms with van der Waals surface area (Å²) in [6.45, 7) is -0.203. The van der Waals surface area contributed by atoms with Crippen molar-refractivity contribution in [2.24, 2.45) is 0 Å². The Labute approximate surface area is 236 Å². The van der Waals surface area contributed by atoms with Crippen LogP contribution in [0.2, 0.25) is 0 Å². The zero-order chi connectivity index (χ0) is 29.2. The van der Waals surface area contributed by atoms with Crippen molar-refractivity contribution in [3.05, 3.63) is 108 Å². The van der Waals surface area contributed by atoms with Gasteiger partial charge >= 0.3 is 12.0 Å². The molecule has 2 N–H and O–H groups in total. The lowest BCUT2D eigenvalue weighted by Gasteiger charge is -2.38. The minimum Gasteiger partial charge on any atom is -0.481 e. The molecular weight excluding hydrogens is 534 g/mol. The lowest BCUT2D eigenvalue weighted by molar-refractivity contribution is -0.497. The summed E-state index contributed by atoms with van der Waals surface area (Å²) in [6.07, 6.45) is -1.50. The van der Waals surface area contributed by atoms with E-state index in [0.717, 1.165) is 0 Å². The van der Waals surface area contributed by atoms with Gasteiger partial charge in [-0.15, -0.1) is 0 Å². The summed E-state index contributed by atoms with van der Waals surface area (Å²) in [5.74, 6) is -0.400. The molecule has 0 aliphatic carbocycles. The maximum atomic E-state index is 14.1. The first-order valence-electron chi connectivity index (χ1n) is 12.3. The summed E-state index contributed by atoms with van der Waals surface area (Å²) in [5, 5.41) is 17.3. The zero-order valence-corrected chi connectivity index (χ0v) is 22.5. The van der Waals surface area contributed by atoms with Gasteiger partial charge in [0.05, 0.1) is 32.3 Å². The molecule has 0 unspecified atom stereocenters. The molecule has 0 saturated heterocycles. The molecule has 0 spiro atoms. The van der Waals surface area contributed by atoms with Gasteiger partial charge in [-0.3, -0.25) is 10.4 Å². The Morgan fingerprint density at radius 2 is 1.41 bits per heavy atom. The molecule has 3 aromatic carbocycles. The fourth-order valence-corrected chi connectivity index (χ4v) is 4.23. The number of rotatable bonds is 13. The Bertz CT molecular complexity index is 1360. The van der Waals surface area contributed by atoms with Crippen LogP contribution in [0.15, 0.2) is 91.0 Å². The van der Waals surface area contributed by atoms with E-state index in [0.29, 0.717) is 16.7 Å². The smallest absolute Gasteiger partial charge is 0.356 e. The Morgan fingerprint density at radius 3 is 1.93 bits per heavy atom. The fourth-order valence-electron chi connectivity index (χ4n) is 4.23. The average Bonchev–Trinajstić information content (AvgIpc) is 3.01. The number of esters is 1. The number of carbonyl (C=O) groups is 1. The Kier molecular flexibility index (Phi) is 9.79. The number of methoxy groups -OCH3 is 3. The van der Waals surface area contributed by atoms with E-state index in [2.05, 4.69) is 14.8 Å². The highest BCUT2D eigenvalue weighted by molar-refractivity contribution is 5.80. The van der Waals surface area contributed by atoms with E-state index in [1.54, 1.807) is 42.5 Å². The molecule has 41 heavy (non-hydrogen) atoms. The summed E-state index contributed by atoms with van der Waals surface area (Å²) in [7, 11) is 4.31. The summed E-state index contributed by atoms with van der Waals surface area (Å²) in [5.41, 5.74) is 0.150. The minimum atomic E-state index is -1.53. The number of hydrogen-bond acceptors (Lipinski definition) is 12. The van der Waals surface area contributed by atoms with Gasteiger partial charge in [-0.1, -0.05) is 72.8 Å². The Hall–Kier alpha value is -4.59. The van der Waals surface area contributed by atoms with Gasteiger partial charge in [0.25, 0.3) is 0 Å². The molecule has 214 valence electrons. The van der Waals surface area contributed by atoms with Crippen molar-refractivity contribution in [3.8, 4) is 23.5 Å². The number of ether oxygens (including phenoxy) is 5. The first kappa shape index (κ1) is 29.4. The van der Waals surface area contributed by atoms with Crippen molar-refractivity contribution in [1.29, 1.82) is 0 Å². The van der Waals surface area contributed by atoms with Gasteiger partial charge in [0.1, 0.15) is 5.75 Å². The fraction of sp³-hybridized carbons (Fsp3) is 0.207. The van der Waals surface area contributed by atoms with Crippen LogP contribution in [-0.2, 0) is 26.6 Å². The molecule has 0 fully saturated rings. The molecule has 0 bridgehead atoms. The van der Waals surface area contributed by atoms with Crippen LogP contribution in [0.25, 0.3) is 0 Å². The molecule has 1 atom stereocenters.